The van der Waals surface area contributed by atoms with Crippen LogP contribution in [0, 0.1) is 0 Å². The molecule has 2 atom stereocenters. The number of fused-ring (bicyclic) bond motifs is 1. The van der Waals surface area contributed by atoms with Gasteiger partial charge in [-0.25, -0.2) is 4.68 Å². The number of amides is 1. The number of carbonyl (C=O) groups excluding carboxylic acids is 1. The molecule has 2 heterocycles. The Morgan fingerprint density at radius 1 is 1.19 bits per heavy atom. The van der Waals surface area contributed by atoms with Crippen LogP contribution in [0.5, 0.6) is 0 Å². The molecule has 0 radical (unpaired) electrons. The van der Waals surface area contributed by atoms with Crippen molar-refractivity contribution < 1.29 is 18.0 Å². The van der Waals surface area contributed by atoms with Gasteiger partial charge in [-0.1, -0.05) is 70.0 Å². The number of rotatable bonds is 4. The van der Waals surface area contributed by atoms with Gasteiger partial charge in [0.05, 0.1) is 6.04 Å². The molecular formula is C21H17BrClF3N4O. The normalized spacial score (nSPS) is 18.2. The van der Waals surface area contributed by atoms with E-state index in [1.54, 1.807) is 24.3 Å². The number of anilines is 1. The highest BCUT2D eigenvalue weighted by Crippen LogP contribution is 2.46. The molecule has 2 N–H and O–H groups in total. The predicted molar refractivity (Wildman–Crippen MR) is 115 cm³/mol. The van der Waals surface area contributed by atoms with Crippen LogP contribution in [0.25, 0.3) is 0 Å². The number of halogens is 5. The van der Waals surface area contributed by atoms with Crippen LogP contribution in [0.3, 0.4) is 0 Å². The van der Waals surface area contributed by atoms with Crippen LogP contribution in [0.4, 0.5) is 19.0 Å². The average Bonchev–Trinajstić information content (AvgIpc) is 3.08. The highest BCUT2D eigenvalue weighted by Gasteiger charge is 2.47. The lowest BCUT2D eigenvalue weighted by Gasteiger charge is -2.33. The number of aromatic nitrogens is 2. The first kappa shape index (κ1) is 21.7. The lowest BCUT2D eigenvalue weighted by molar-refractivity contribution is -0.173. The molecule has 0 saturated heterocycles. The Morgan fingerprint density at radius 2 is 1.87 bits per heavy atom. The summed E-state index contributed by atoms with van der Waals surface area (Å²) >= 11 is 9.65. The smallest absolute Gasteiger partial charge is 0.362 e. The maximum absolute atomic E-state index is 13.8. The molecule has 162 valence electrons. The van der Waals surface area contributed by atoms with Crippen molar-refractivity contribution in [3.05, 3.63) is 80.9 Å². The van der Waals surface area contributed by atoms with E-state index in [0.29, 0.717) is 5.56 Å². The zero-order valence-corrected chi connectivity index (χ0v) is 18.3. The van der Waals surface area contributed by atoms with Crippen LogP contribution >= 0.6 is 27.5 Å². The maximum atomic E-state index is 13.8. The fourth-order valence-electron chi connectivity index (χ4n) is 3.51. The van der Waals surface area contributed by atoms with Gasteiger partial charge < -0.3 is 10.6 Å². The van der Waals surface area contributed by atoms with Gasteiger partial charge in [0, 0.05) is 17.4 Å². The number of alkyl halides is 3. The number of carbonyl (C=O) groups is 1. The van der Waals surface area contributed by atoms with Crippen molar-refractivity contribution in [2.24, 2.45) is 0 Å². The molecule has 1 aromatic heterocycles. The maximum Gasteiger partial charge on any atom is 0.410 e. The van der Waals surface area contributed by atoms with Crippen molar-refractivity contribution in [3.8, 4) is 0 Å². The first-order chi connectivity index (χ1) is 14.7. The van der Waals surface area contributed by atoms with E-state index in [4.69, 9.17) is 11.6 Å². The molecule has 0 unspecified atom stereocenters. The Hall–Kier alpha value is -2.52. The van der Waals surface area contributed by atoms with Gasteiger partial charge >= 0.3 is 6.18 Å². The van der Waals surface area contributed by atoms with Gasteiger partial charge in [-0.3, -0.25) is 4.79 Å². The molecule has 1 amide bonds. The monoisotopic (exact) mass is 512 g/mol. The summed E-state index contributed by atoms with van der Waals surface area (Å²) in [6.07, 6.45) is -4.83. The van der Waals surface area contributed by atoms with E-state index in [2.05, 4.69) is 31.7 Å². The SMILES string of the molecule is O=C(NCc1ccccc1)c1nn2c(c1Cl)N[C@@H](c1ccc(Br)cc1)C[C@H]2C(F)(F)F. The summed E-state index contributed by atoms with van der Waals surface area (Å²) < 4.78 is 43.1. The number of hydrogen-bond acceptors (Lipinski definition) is 3. The molecule has 0 saturated carbocycles. The van der Waals surface area contributed by atoms with Gasteiger partial charge in [-0.2, -0.15) is 18.3 Å². The lowest BCUT2D eigenvalue weighted by Crippen LogP contribution is -2.35. The van der Waals surface area contributed by atoms with Crippen molar-refractivity contribution in [1.82, 2.24) is 15.1 Å². The molecule has 0 spiro atoms. The highest BCUT2D eigenvalue weighted by molar-refractivity contribution is 9.10. The zero-order valence-electron chi connectivity index (χ0n) is 16.0. The van der Waals surface area contributed by atoms with Crippen molar-refractivity contribution in [2.45, 2.75) is 31.2 Å². The van der Waals surface area contributed by atoms with E-state index in [1.165, 1.54) is 0 Å². The van der Waals surface area contributed by atoms with Crippen molar-refractivity contribution in [2.75, 3.05) is 5.32 Å². The number of nitrogens with zero attached hydrogens (tertiary/aromatic N) is 2. The van der Waals surface area contributed by atoms with Gasteiger partial charge in [0.2, 0.25) is 0 Å². The quantitative estimate of drug-likeness (QED) is 0.457. The van der Waals surface area contributed by atoms with Crippen molar-refractivity contribution in [3.63, 3.8) is 0 Å². The summed E-state index contributed by atoms with van der Waals surface area (Å²) in [5, 5.41) is 9.48. The third kappa shape index (κ3) is 4.57. The van der Waals surface area contributed by atoms with Gasteiger partial charge in [0.1, 0.15) is 10.8 Å². The lowest BCUT2D eigenvalue weighted by atomic mass is 9.97. The zero-order chi connectivity index (χ0) is 22.2. The van der Waals surface area contributed by atoms with Crippen LogP contribution in [0.15, 0.2) is 59.1 Å². The molecule has 31 heavy (non-hydrogen) atoms. The number of nitrogens with one attached hydrogen (secondary N) is 2. The Labute approximate surface area is 189 Å². The minimum Gasteiger partial charge on any atom is -0.362 e. The second-order valence-electron chi connectivity index (χ2n) is 7.17. The summed E-state index contributed by atoms with van der Waals surface area (Å²) in [6.45, 7) is 0.204. The number of hydrogen-bond donors (Lipinski definition) is 2. The van der Waals surface area contributed by atoms with Gasteiger partial charge in [-0.05, 0) is 23.3 Å². The van der Waals surface area contributed by atoms with E-state index in [-0.39, 0.29) is 29.5 Å². The van der Waals surface area contributed by atoms with Crippen LogP contribution in [0.1, 0.15) is 40.1 Å². The van der Waals surface area contributed by atoms with E-state index in [1.807, 2.05) is 30.3 Å². The van der Waals surface area contributed by atoms with Gasteiger partial charge in [0.15, 0.2) is 11.7 Å². The van der Waals surface area contributed by atoms with Crippen LogP contribution in [0.2, 0.25) is 5.02 Å². The summed E-state index contributed by atoms with van der Waals surface area (Å²) in [5.41, 5.74) is 1.28. The predicted octanol–water partition coefficient (Wildman–Crippen LogP) is 5.89. The Morgan fingerprint density at radius 3 is 2.52 bits per heavy atom. The third-order valence-electron chi connectivity index (χ3n) is 5.08. The standard InChI is InChI=1S/C21H17BrClF3N4O/c22-14-8-6-13(7-9-14)15-10-16(21(24,25)26)30-19(28-15)17(23)18(29-30)20(31)27-11-12-4-2-1-3-5-12/h1-9,15-16,28H,10-11H2,(H,27,31)/t15-,16+/m1/s1. The Bertz CT molecular complexity index is 1090. The summed E-state index contributed by atoms with van der Waals surface area (Å²) in [6, 6.07) is 13.6. The molecule has 1 aliphatic heterocycles. The fraction of sp³-hybridized carbons (Fsp3) is 0.238. The van der Waals surface area contributed by atoms with Crippen LogP contribution < -0.4 is 10.6 Å². The van der Waals surface area contributed by atoms with E-state index >= 15 is 0 Å². The van der Waals surface area contributed by atoms with Crippen molar-refractivity contribution >= 4 is 39.3 Å². The van der Waals surface area contributed by atoms with Crippen molar-refractivity contribution in [1.29, 1.82) is 0 Å². The summed E-state index contributed by atoms with van der Waals surface area (Å²) in [4.78, 5) is 12.6. The fourth-order valence-corrected chi connectivity index (χ4v) is 4.04. The van der Waals surface area contributed by atoms with Gasteiger partial charge in [0.25, 0.3) is 5.91 Å². The molecule has 1 aliphatic rings. The van der Waals surface area contributed by atoms with Crippen LogP contribution in [-0.2, 0) is 6.54 Å². The Balaban J connectivity index is 1.64. The van der Waals surface area contributed by atoms with E-state index < -0.39 is 24.2 Å². The summed E-state index contributed by atoms with van der Waals surface area (Å²) in [5.74, 6) is -0.660. The minimum atomic E-state index is -4.56. The molecule has 0 fully saturated rings. The second-order valence-corrected chi connectivity index (χ2v) is 8.46. The molecule has 10 heteroatoms. The third-order valence-corrected chi connectivity index (χ3v) is 5.97. The molecule has 0 bridgehead atoms. The molecule has 4 rings (SSSR count). The minimum absolute atomic E-state index is 0.0204. The van der Waals surface area contributed by atoms with Gasteiger partial charge in [-0.15, -0.1) is 0 Å². The van der Waals surface area contributed by atoms with E-state index in [9.17, 15) is 18.0 Å². The topological polar surface area (TPSA) is 59.0 Å². The van der Waals surface area contributed by atoms with Crippen LogP contribution in [-0.4, -0.2) is 21.9 Å². The highest BCUT2D eigenvalue weighted by atomic mass is 79.9. The largest absolute Gasteiger partial charge is 0.410 e. The van der Waals surface area contributed by atoms with E-state index in [0.717, 1.165) is 14.7 Å². The Kier molecular flexibility index (Phi) is 5.98. The second kappa shape index (κ2) is 8.55. The molecule has 2 aromatic carbocycles. The number of benzene rings is 2. The molecular weight excluding hydrogens is 497 g/mol. The molecule has 5 nitrogen and oxygen atoms in total. The molecule has 3 aromatic rings. The molecule has 0 aliphatic carbocycles. The average molecular weight is 514 g/mol. The first-order valence-electron chi connectivity index (χ1n) is 9.43. The first-order valence-corrected chi connectivity index (χ1v) is 10.6. The summed E-state index contributed by atoms with van der Waals surface area (Å²) in [7, 11) is 0.